The second kappa shape index (κ2) is 7.68. The van der Waals surface area contributed by atoms with Crippen LogP contribution in [0.3, 0.4) is 0 Å². The first-order valence-electron chi connectivity index (χ1n) is 9.41. The highest BCUT2D eigenvalue weighted by Gasteiger charge is 2.21. The number of para-hydroxylation sites is 1. The van der Waals surface area contributed by atoms with Gasteiger partial charge in [0.2, 0.25) is 11.8 Å². The lowest BCUT2D eigenvalue weighted by molar-refractivity contribution is -0.117. The maximum absolute atomic E-state index is 12.5. The largest absolute Gasteiger partial charge is 0.312 e. The molecule has 28 heavy (non-hydrogen) atoms. The number of anilines is 2. The average Bonchev–Trinajstić information content (AvgIpc) is 3.32. The van der Waals surface area contributed by atoms with Gasteiger partial charge in [-0.1, -0.05) is 30.3 Å². The van der Waals surface area contributed by atoms with E-state index < -0.39 is 0 Å². The predicted molar refractivity (Wildman–Crippen MR) is 109 cm³/mol. The Morgan fingerprint density at radius 3 is 2.61 bits per heavy atom. The van der Waals surface area contributed by atoms with Crippen molar-refractivity contribution in [3.63, 3.8) is 0 Å². The van der Waals surface area contributed by atoms with E-state index in [9.17, 15) is 9.59 Å². The summed E-state index contributed by atoms with van der Waals surface area (Å²) in [5.74, 6) is 0.689. The van der Waals surface area contributed by atoms with E-state index in [0.29, 0.717) is 12.2 Å². The highest BCUT2D eigenvalue weighted by atomic mass is 16.2. The molecule has 0 unspecified atom stereocenters. The Labute approximate surface area is 163 Å². The molecule has 1 aliphatic rings. The van der Waals surface area contributed by atoms with Gasteiger partial charge in [-0.3, -0.25) is 9.59 Å². The zero-order chi connectivity index (χ0) is 19.5. The minimum atomic E-state index is -0.111. The maximum Gasteiger partial charge on any atom is 0.229 e. The molecule has 1 fully saturated rings. The molecule has 0 bridgehead atoms. The minimum Gasteiger partial charge on any atom is -0.312 e. The molecule has 0 aliphatic carbocycles. The third-order valence-electron chi connectivity index (χ3n) is 4.94. The van der Waals surface area contributed by atoms with Crippen molar-refractivity contribution in [1.82, 2.24) is 9.78 Å². The van der Waals surface area contributed by atoms with E-state index in [1.165, 1.54) is 0 Å². The fraction of sp³-hybridized carbons (Fsp3) is 0.227. The molecule has 2 heterocycles. The van der Waals surface area contributed by atoms with Crippen LogP contribution < -0.4 is 10.2 Å². The molecular weight excluding hydrogens is 352 g/mol. The summed E-state index contributed by atoms with van der Waals surface area (Å²) in [7, 11) is 0. The van der Waals surface area contributed by atoms with Gasteiger partial charge < -0.3 is 10.2 Å². The van der Waals surface area contributed by atoms with Crippen LogP contribution in [0.4, 0.5) is 11.5 Å². The van der Waals surface area contributed by atoms with Crippen LogP contribution in [0.5, 0.6) is 0 Å². The summed E-state index contributed by atoms with van der Waals surface area (Å²) in [4.78, 5) is 26.2. The Morgan fingerprint density at radius 1 is 1.11 bits per heavy atom. The third-order valence-corrected chi connectivity index (χ3v) is 4.94. The summed E-state index contributed by atoms with van der Waals surface area (Å²) in [6.45, 7) is 2.77. The Bertz CT molecular complexity index is 1010. The van der Waals surface area contributed by atoms with Gasteiger partial charge in [-0.2, -0.15) is 5.10 Å². The zero-order valence-electron chi connectivity index (χ0n) is 15.8. The number of nitrogens with zero attached hydrogens (tertiary/aromatic N) is 3. The highest BCUT2D eigenvalue weighted by molar-refractivity contribution is 5.95. The molecule has 0 saturated carbocycles. The Balaban J connectivity index is 1.44. The van der Waals surface area contributed by atoms with E-state index in [4.69, 9.17) is 0 Å². The van der Waals surface area contributed by atoms with Crippen molar-refractivity contribution in [2.75, 3.05) is 16.8 Å². The number of aryl methyl sites for hydroxylation is 1. The van der Waals surface area contributed by atoms with Crippen molar-refractivity contribution in [3.8, 4) is 5.69 Å². The number of carbonyl (C=O) groups excluding carboxylic acids is 2. The molecule has 1 aliphatic heterocycles. The molecule has 142 valence electrons. The fourth-order valence-corrected chi connectivity index (χ4v) is 3.48. The molecule has 2 aromatic carbocycles. The van der Waals surface area contributed by atoms with Crippen LogP contribution in [0, 0.1) is 6.92 Å². The molecule has 1 aromatic heterocycles. The molecular formula is C22H22N4O2. The number of amides is 2. The lowest BCUT2D eigenvalue weighted by Crippen LogP contribution is -2.23. The summed E-state index contributed by atoms with van der Waals surface area (Å²) >= 11 is 0. The van der Waals surface area contributed by atoms with Crippen LogP contribution in [0.1, 0.15) is 24.0 Å². The van der Waals surface area contributed by atoms with Gasteiger partial charge in [-0.05, 0) is 42.7 Å². The van der Waals surface area contributed by atoms with Crippen molar-refractivity contribution >= 4 is 23.3 Å². The number of hydrogen-bond acceptors (Lipinski definition) is 3. The summed E-state index contributed by atoms with van der Waals surface area (Å²) in [6, 6.07) is 17.3. The van der Waals surface area contributed by atoms with E-state index in [-0.39, 0.29) is 18.2 Å². The highest BCUT2D eigenvalue weighted by Crippen LogP contribution is 2.22. The van der Waals surface area contributed by atoms with Crippen molar-refractivity contribution < 1.29 is 9.59 Å². The Hall–Kier alpha value is -3.41. The molecule has 0 atom stereocenters. The fourth-order valence-electron chi connectivity index (χ4n) is 3.48. The van der Waals surface area contributed by atoms with E-state index >= 15 is 0 Å². The van der Waals surface area contributed by atoms with Crippen LogP contribution in [0.25, 0.3) is 5.69 Å². The number of nitrogens with one attached hydrogen (secondary N) is 1. The SMILES string of the molecule is Cc1ccccc1-n1nccc1NC(=O)Cc1ccc(N2CCCC2=O)cc1. The Kier molecular flexibility index (Phi) is 4.93. The zero-order valence-corrected chi connectivity index (χ0v) is 15.8. The minimum absolute atomic E-state index is 0.111. The van der Waals surface area contributed by atoms with Crippen molar-refractivity contribution in [1.29, 1.82) is 0 Å². The van der Waals surface area contributed by atoms with Crippen LogP contribution in [0.2, 0.25) is 0 Å². The molecule has 6 heteroatoms. The molecule has 2 amide bonds. The van der Waals surface area contributed by atoms with Gasteiger partial charge in [0.05, 0.1) is 18.3 Å². The number of benzene rings is 2. The van der Waals surface area contributed by atoms with Crippen molar-refractivity contribution in [3.05, 3.63) is 71.9 Å². The third kappa shape index (κ3) is 3.67. The molecule has 4 rings (SSSR count). The number of carbonyl (C=O) groups is 2. The van der Waals surface area contributed by atoms with Gasteiger partial charge in [0.15, 0.2) is 0 Å². The van der Waals surface area contributed by atoms with Gasteiger partial charge in [0.25, 0.3) is 0 Å². The molecule has 1 N–H and O–H groups in total. The maximum atomic E-state index is 12.5. The van der Waals surface area contributed by atoms with Crippen molar-refractivity contribution in [2.45, 2.75) is 26.2 Å². The number of aromatic nitrogens is 2. The topological polar surface area (TPSA) is 67.2 Å². The van der Waals surface area contributed by atoms with Crippen LogP contribution in [0.15, 0.2) is 60.8 Å². The first kappa shape index (κ1) is 18.0. The molecule has 1 saturated heterocycles. The van der Waals surface area contributed by atoms with E-state index in [0.717, 1.165) is 35.5 Å². The van der Waals surface area contributed by atoms with Crippen molar-refractivity contribution in [2.24, 2.45) is 0 Å². The predicted octanol–water partition coefficient (Wildman–Crippen LogP) is 3.49. The first-order chi connectivity index (χ1) is 13.6. The lowest BCUT2D eigenvalue weighted by Gasteiger charge is -2.16. The smallest absolute Gasteiger partial charge is 0.229 e. The first-order valence-corrected chi connectivity index (χ1v) is 9.41. The van der Waals surface area contributed by atoms with Crippen LogP contribution in [-0.2, 0) is 16.0 Å². The summed E-state index contributed by atoms with van der Waals surface area (Å²) < 4.78 is 1.73. The van der Waals surface area contributed by atoms with Gasteiger partial charge in [-0.15, -0.1) is 0 Å². The van der Waals surface area contributed by atoms with E-state index in [2.05, 4.69) is 10.4 Å². The lowest BCUT2D eigenvalue weighted by atomic mass is 10.1. The van der Waals surface area contributed by atoms with Crippen LogP contribution in [-0.4, -0.2) is 28.1 Å². The monoisotopic (exact) mass is 374 g/mol. The normalized spacial score (nSPS) is 13.8. The number of hydrogen-bond donors (Lipinski definition) is 1. The molecule has 0 radical (unpaired) electrons. The summed E-state index contributed by atoms with van der Waals surface area (Å²) in [5, 5.41) is 7.27. The number of rotatable bonds is 5. The van der Waals surface area contributed by atoms with Gasteiger partial charge in [0.1, 0.15) is 5.82 Å². The van der Waals surface area contributed by atoms with E-state index in [1.54, 1.807) is 21.8 Å². The van der Waals surface area contributed by atoms with Gasteiger partial charge in [-0.25, -0.2) is 4.68 Å². The standard InChI is InChI=1S/C22H22N4O2/c1-16-5-2-3-6-19(16)26-20(12-13-23-26)24-21(27)15-17-8-10-18(11-9-17)25-14-4-7-22(25)28/h2-3,5-6,8-13H,4,7,14-15H2,1H3,(H,24,27). The van der Waals surface area contributed by atoms with Gasteiger partial charge in [0, 0.05) is 24.7 Å². The quantitative estimate of drug-likeness (QED) is 0.743. The molecule has 0 spiro atoms. The Morgan fingerprint density at radius 2 is 1.89 bits per heavy atom. The molecule has 3 aromatic rings. The average molecular weight is 374 g/mol. The van der Waals surface area contributed by atoms with Crippen LogP contribution >= 0.6 is 0 Å². The summed E-state index contributed by atoms with van der Waals surface area (Å²) in [5.41, 5.74) is 3.80. The summed E-state index contributed by atoms with van der Waals surface area (Å²) in [6.07, 6.45) is 3.44. The second-order valence-corrected chi connectivity index (χ2v) is 6.96. The second-order valence-electron chi connectivity index (χ2n) is 6.96. The van der Waals surface area contributed by atoms with E-state index in [1.807, 2.05) is 55.5 Å². The molecule has 6 nitrogen and oxygen atoms in total. The van der Waals surface area contributed by atoms with Gasteiger partial charge >= 0.3 is 0 Å².